The van der Waals surface area contributed by atoms with Crippen molar-refractivity contribution >= 4 is 0 Å². The summed E-state index contributed by atoms with van der Waals surface area (Å²) in [5.74, 6) is 0.325. The molecule has 0 radical (unpaired) electrons. The van der Waals surface area contributed by atoms with Gasteiger partial charge in [0.1, 0.15) is 5.75 Å². The number of rotatable bonds is 2. The average molecular weight is 232 g/mol. The van der Waals surface area contributed by atoms with Crippen LogP contribution < -0.4 is 22.7 Å². The lowest BCUT2D eigenvalue weighted by Crippen LogP contribution is -3.00. The fraction of sp³-hybridized carbons (Fsp3) is 0.333. The van der Waals surface area contributed by atoms with Crippen molar-refractivity contribution in [3.05, 3.63) is 29.8 Å². The molecule has 0 aliphatic carbocycles. The van der Waals surface area contributed by atoms with Gasteiger partial charge in [0.15, 0.2) is 0 Å². The molecule has 1 unspecified atom stereocenters. The van der Waals surface area contributed by atoms with E-state index in [1.807, 2.05) is 12.1 Å². The molecule has 0 bridgehead atoms. The van der Waals surface area contributed by atoms with Gasteiger partial charge in [-0.05, 0) is 24.6 Å². The molecule has 0 saturated carbocycles. The number of quaternary nitrogens is 1. The van der Waals surface area contributed by atoms with Crippen molar-refractivity contribution < 1.29 is 27.8 Å². The number of phenols is 1. The fourth-order valence-electron chi connectivity index (χ4n) is 1.03. The summed E-state index contributed by atoms with van der Waals surface area (Å²) in [7, 11) is 0. The van der Waals surface area contributed by atoms with Gasteiger partial charge in [0.05, 0.1) is 6.04 Å². The van der Waals surface area contributed by atoms with Crippen LogP contribution in [-0.4, -0.2) is 11.1 Å². The van der Waals surface area contributed by atoms with Crippen LogP contribution in [0.3, 0.4) is 0 Å². The van der Waals surface area contributed by atoms with E-state index in [-0.39, 0.29) is 17.0 Å². The number of aromatic hydroxyl groups is 1. The second kappa shape index (κ2) is 5.17. The lowest BCUT2D eigenvalue weighted by atomic mass is 10.1. The molecule has 1 atom stereocenters. The van der Waals surface area contributed by atoms with Gasteiger partial charge in [-0.15, -0.1) is 0 Å². The summed E-state index contributed by atoms with van der Waals surface area (Å²) in [5.41, 5.74) is 5.12. The molecule has 0 fully saturated rings. The Hall–Kier alpha value is -0.540. The molecule has 0 heterocycles. The highest BCUT2D eigenvalue weighted by Crippen LogP contribution is 2.10. The second-order valence-corrected chi connectivity index (χ2v) is 2.98. The highest BCUT2D eigenvalue weighted by molar-refractivity contribution is 5.26. The first-order chi connectivity index (χ1) is 5.18. The third-order valence-corrected chi connectivity index (χ3v) is 1.52. The van der Waals surface area contributed by atoms with Gasteiger partial charge in [0, 0.05) is 6.42 Å². The van der Waals surface area contributed by atoms with Crippen LogP contribution in [0.25, 0.3) is 0 Å². The maximum absolute atomic E-state index is 8.98. The van der Waals surface area contributed by atoms with Gasteiger partial charge >= 0.3 is 0 Å². The molecule has 0 amide bonds. The molecule has 2 nitrogen and oxygen atoms in total. The minimum atomic E-state index is 0. The minimum absolute atomic E-state index is 0. The lowest BCUT2D eigenvalue weighted by molar-refractivity contribution is -0.413. The largest absolute Gasteiger partial charge is 1.00 e. The molecule has 4 N–H and O–H groups in total. The maximum atomic E-state index is 8.98. The third-order valence-electron chi connectivity index (χ3n) is 1.52. The Labute approximate surface area is 83.2 Å². The van der Waals surface area contributed by atoms with Crippen LogP contribution in [0.5, 0.6) is 5.75 Å². The second-order valence-electron chi connectivity index (χ2n) is 2.98. The van der Waals surface area contributed by atoms with Crippen LogP contribution in [0.15, 0.2) is 24.3 Å². The van der Waals surface area contributed by atoms with E-state index in [0.29, 0.717) is 11.8 Å². The lowest BCUT2D eigenvalue weighted by Gasteiger charge is -2.01. The fourth-order valence-corrected chi connectivity index (χ4v) is 1.03. The van der Waals surface area contributed by atoms with Gasteiger partial charge < -0.3 is 27.8 Å². The summed E-state index contributed by atoms with van der Waals surface area (Å²) < 4.78 is 0. The molecule has 1 rings (SSSR count). The molecule has 1 aromatic rings. The number of phenolic OH excluding ortho intramolecular Hbond substituents is 1. The van der Waals surface area contributed by atoms with Gasteiger partial charge in [0.2, 0.25) is 0 Å². The first-order valence-corrected chi connectivity index (χ1v) is 3.79. The predicted octanol–water partition coefficient (Wildman–Crippen LogP) is -2.43. The van der Waals surface area contributed by atoms with Gasteiger partial charge in [-0.25, -0.2) is 0 Å². The van der Waals surface area contributed by atoms with Crippen molar-refractivity contribution in [1.29, 1.82) is 0 Å². The molecule has 0 aliphatic heterocycles. The maximum Gasteiger partial charge on any atom is 0.115 e. The summed E-state index contributed by atoms with van der Waals surface area (Å²) in [6.45, 7) is 2.08. The zero-order chi connectivity index (χ0) is 8.27. The van der Waals surface area contributed by atoms with Crippen molar-refractivity contribution in [2.75, 3.05) is 0 Å². The van der Waals surface area contributed by atoms with Crippen LogP contribution in [0, 0.1) is 0 Å². The Morgan fingerprint density at radius 1 is 1.33 bits per heavy atom. The molecule has 12 heavy (non-hydrogen) atoms. The normalized spacial score (nSPS) is 11.8. The summed E-state index contributed by atoms with van der Waals surface area (Å²) in [4.78, 5) is 0. The number of halogens is 1. The quantitative estimate of drug-likeness (QED) is 0.585. The van der Waals surface area contributed by atoms with Gasteiger partial charge in [-0.3, -0.25) is 0 Å². The molecule has 1 aromatic carbocycles. The van der Waals surface area contributed by atoms with Crippen LogP contribution in [0.2, 0.25) is 0 Å². The van der Waals surface area contributed by atoms with Crippen LogP contribution in [0.1, 0.15) is 12.5 Å². The van der Waals surface area contributed by atoms with E-state index in [1.54, 1.807) is 12.1 Å². The van der Waals surface area contributed by atoms with E-state index in [9.17, 15) is 0 Å². The topological polar surface area (TPSA) is 47.9 Å². The minimum Gasteiger partial charge on any atom is -1.00 e. The van der Waals surface area contributed by atoms with E-state index in [1.165, 1.54) is 5.56 Å². The van der Waals surface area contributed by atoms with Crippen molar-refractivity contribution in [3.63, 3.8) is 0 Å². The van der Waals surface area contributed by atoms with E-state index in [0.717, 1.165) is 6.42 Å². The van der Waals surface area contributed by atoms with Crippen molar-refractivity contribution in [2.24, 2.45) is 0 Å². The Bertz CT molecular complexity index is 220. The van der Waals surface area contributed by atoms with Crippen LogP contribution in [0.4, 0.5) is 0 Å². The molecule has 0 saturated heterocycles. The Morgan fingerprint density at radius 3 is 2.25 bits per heavy atom. The average Bonchev–Trinajstić information content (AvgIpc) is 1.93. The molecule has 0 aliphatic rings. The molecule has 3 heteroatoms. The van der Waals surface area contributed by atoms with Crippen molar-refractivity contribution in [1.82, 2.24) is 0 Å². The summed E-state index contributed by atoms with van der Waals surface area (Å²) in [5, 5.41) is 8.98. The number of benzene rings is 1. The number of hydrogen-bond donors (Lipinski definition) is 2. The molecule has 0 aromatic heterocycles. The summed E-state index contributed by atoms with van der Waals surface area (Å²) in [6.07, 6.45) is 0.972. The molecular weight excluding hydrogens is 218 g/mol. The van der Waals surface area contributed by atoms with Crippen molar-refractivity contribution in [2.45, 2.75) is 19.4 Å². The Kier molecular flexibility index (Phi) is 4.93. The predicted molar refractivity (Wildman–Crippen MR) is 44.2 cm³/mol. The van der Waals surface area contributed by atoms with Crippen LogP contribution >= 0.6 is 0 Å². The van der Waals surface area contributed by atoms with Crippen LogP contribution in [-0.2, 0) is 6.42 Å². The van der Waals surface area contributed by atoms with E-state index in [4.69, 9.17) is 5.11 Å². The highest BCUT2D eigenvalue weighted by Gasteiger charge is 1.99. The van der Waals surface area contributed by atoms with E-state index < -0.39 is 0 Å². The molecule has 68 valence electrons. The SMILES string of the molecule is CC([NH3+])Cc1ccc(O)cc1.[Br-]. The first-order valence-electron chi connectivity index (χ1n) is 3.79. The monoisotopic (exact) mass is 231 g/mol. The molecule has 0 spiro atoms. The number of hydrogen-bond acceptors (Lipinski definition) is 1. The smallest absolute Gasteiger partial charge is 0.115 e. The Balaban J connectivity index is 0.00000121. The van der Waals surface area contributed by atoms with Gasteiger partial charge in [-0.1, -0.05) is 12.1 Å². The van der Waals surface area contributed by atoms with Gasteiger partial charge in [-0.2, -0.15) is 0 Å². The zero-order valence-corrected chi connectivity index (χ0v) is 8.71. The zero-order valence-electron chi connectivity index (χ0n) is 7.13. The third kappa shape index (κ3) is 3.74. The standard InChI is InChI=1S/C9H13NO.BrH/c1-7(10)6-8-2-4-9(11)5-3-8;/h2-5,7,11H,6,10H2,1H3;1H. The Morgan fingerprint density at radius 2 is 1.83 bits per heavy atom. The van der Waals surface area contributed by atoms with Gasteiger partial charge in [0.25, 0.3) is 0 Å². The van der Waals surface area contributed by atoms with E-state index in [2.05, 4.69) is 12.7 Å². The first kappa shape index (κ1) is 11.5. The van der Waals surface area contributed by atoms with E-state index >= 15 is 0 Å². The highest BCUT2D eigenvalue weighted by atomic mass is 79.9. The van der Waals surface area contributed by atoms with Crippen molar-refractivity contribution in [3.8, 4) is 5.75 Å². The molecular formula is C9H14BrNO. The summed E-state index contributed by atoms with van der Waals surface area (Å²) in [6, 6.07) is 7.70. The summed E-state index contributed by atoms with van der Waals surface area (Å²) >= 11 is 0.